The van der Waals surface area contributed by atoms with Gasteiger partial charge in [0.1, 0.15) is 0 Å². The van der Waals surface area contributed by atoms with Gasteiger partial charge in [0, 0.05) is 6.42 Å². The van der Waals surface area contributed by atoms with Crippen LogP contribution >= 0.6 is 0 Å². The number of hydrogen-bond donors (Lipinski definition) is 1. The van der Waals surface area contributed by atoms with Crippen LogP contribution in [0.4, 0.5) is 4.79 Å². The average Bonchev–Trinajstić information content (AvgIpc) is 2.15. The number of alkyl carbamates (subject to hydrolysis) is 1. The van der Waals surface area contributed by atoms with E-state index in [9.17, 15) is 9.59 Å². The Morgan fingerprint density at radius 1 is 1.12 bits per heavy atom. The third-order valence-electron chi connectivity index (χ3n) is 2.09. The van der Waals surface area contributed by atoms with E-state index in [1.54, 1.807) is 13.8 Å². The molecule has 2 amide bonds. The number of unbranched alkanes of at least 4 members (excludes halogenated alkanes) is 4. The molecule has 0 rings (SSSR count). The molecule has 0 bridgehead atoms. The summed E-state index contributed by atoms with van der Waals surface area (Å²) >= 11 is 0. The van der Waals surface area contributed by atoms with Crippen LogP contribution in [0.2, 0.25) is 0 Å². The third-order valence-corrected chi connectivity index (χ3v) is 2.09. The van der Waals surface area contributed by atoms with Crippen molar-refractivity contribution in [3.63, 3.8) is 0 Å². The fourth-order valence-corrected chi connectivity index (χ4v) is 1.31. The van der Waals surface area contributed by atoms with Gasteiger partial charge in [0.15, 0.2) is 0 Å². The van der Waals surface area contributed by atoms with Gasteiger partial charge in [-0.1, -0.05) is 32.6 Å². The van der Waals surface area contributed by atoms with Gasteiger partial charge >= 0.3 is 6.09 Å². The standard InChI is InChI=1S/C12H23NO3/c1-4-5-6-7-8-9-11(14)13-12(15)16-10(2)3/h10H,4-9H2,1-3H3,(H,13,14,15). The van der Waals surface area contributed by atoms with E-state index in [4.69, 9.17) is 4.74 Å². The fraction of sp³-hybridized carbons (Fsp3) is 0.833. The molecular weight excluding hydrogens is 206 g/mol. The van der Waals surface area contributed by atoms with Gasteiger partial charge in [0.05, 0.1) is 6.10 Å². The van der Waals surface area contributed by atoms with E-state index in [0.29, 0.717) is 6.42 Å². The summed E-state index contributed by atoms with van der Waals surface area (Å²) in [5.41, 5.74) is 0. The maximum absolute atomic E-state index is 11.3. The lowest BCUT2D eigenvalue weighted by atomic mass is 10.1. The largest absolute Gasteiger partial charge is 0.447 e. The summed E-state index contributed by atoms with van der Waals surface area (Å²) in [4.78, 5) is 22.3. The SMILES string of the molecule is CCCCCCCC(=O)NC(=O)OC(C)C. The Balaban J connectivity index is 3.47. The Morgan fingerprint density at radius 3 is 2.31 bits per heavy atom. The molecule has 0 heterocycles. The molecule has 0 saturated carbocycles. The highest BCUT2D eigenvalue weighted by atomic mass is 16.6. The second-order valence-electron chi connectivity index (χ2n) is 4.17. The minimum Gasteiger partial charge on any atom is -0.447 e. The number of rotatable bonds is 7. The van der Waals surface area contributed by atoms with Crippen molar-refractivity contribution in [1.82, 2.24) is 5.32 Å². The maximum Gasteiger partial charge on any atom is 0.414 e. The van der Waals surface area contributed by atoms with E-state index in [-0.39, 0.29) is 12.0 Å². The predicted molar refractivity (Wildman–Crippen MR) is 63.1 cm³/mol. The zero-order valence-electron chi connectivity index (χ0n) is 10.5. The van der Waals surface area contributed by atoms with Crippen molar-refractivity contribution in [3.8, 4) is 0 Å². The molecule has 1 N–H and O–H groups in total. The van der Waals surface area contributed by atoms with Crippen LogP contribution < -0.4 is 5.32 Å². The van der Waals surface area contributed by atoms with E-state index in [2.05, 4.69) is 12.2 Å². The van der Waals surface area contributed by atoms with Crippen LogP contribution in [0.25, 0.3) is 0 Å². The normalized spacial score (nSPS) is 10.2. The zero-order valence-corrected chi connectivity index (χ0v) is 10.5. The summed E-state index contributed by atoms with van der Waals surface area (Å²) in [5, 5.41) is 2.20. The van der Waals surface area contributed by atoms with Gasteiger partial charge in [-0.05, 0) is 20.3 Å². The van der Waals surface area contributed by atoms with Crippen LogP contribution in [0.15, 0.2) is 0 Å². The lowest BCUT2D eigenvalue weighted by Crippen LogP contribution is -2.32. The number of nitrogens with one attached hydrogen (secondary N) is 1. The fourth-order valence-electron chi connectivity index (χ4n) is 1.31. The molecule has 0 fully saturated rings. The van der Waals surface area contributed by atoms with Gasteiger partial charge in [0.25, 0.3) is 0 Å². The van der Waals surface area contributed by atoms with Gasteiger partial charge in [-0.25, -0.2) is 4.79 Å². The second-order valence-corrected chi connectivity index (χ2v) is 4.17. The van der Waals surface area contributed by atoms with Gasteiger partial charge in [0.2, 0.25) is 5.91 Å². The zero-order chi connectivity index (χ0) is 12.4. The molecule has 4 heteroatoms. The van der Waals surface area contributed by atoms with Gasteiger partial charge in [-0.3, -0.25) is 10.1 Å². The molecule has 94 valence electrons. The van der Waals surface area contributed by atoms with Gasteiger partial charge in [-0.2, -0.15) is 0 Å². The summed E-state index contributed by atoms with van der Waals surface area (Å²) in [7, 11) is 0. The van der Waals surface area contributed by atoms with Crippen molar-refractivity contribution in [3.05, 3.63) is 0 Å². The Hall–Kier alpha value is -1.06. The van der Waals surface area contributed by atoms with Crippen molar-refractivity contribution in [1.29, 1.82) is 0 Å². The quantitative estimate of drug-likeness (QED) is 0.683. The lowest BCUT2D eigenvalue weighted by Gasteiger charge is -2.08. The monoisotopic (exact) mass is 229 g/mol. The van der Waals surface area contributed by atoms with E-state index in [1.165, 1.54) is 12.8 Å². The van der Waals surface area contributed by atoms with Crippen molar-refractivity contribution in [2.45, 2.75) is 65.4 Å². The maximum atomic E-state index is 11.3. The molecule has 0 spiro atoms. The van der Waals surface area contributed by atoms with Crippen LogP contribution in [0.5, 0.6) is 0 Å². The Morgan fingerprint density at radius 2 is 1.75 bits per heavy atom. The predicted octanol–water partition coefficient (Wildman–Crippen LogP) is 3.01. The molecule has 0 radical (unpaired) electrons. The average molecular weight is 229 g/mol. The first-order chi connectivity index (χ1) is 7.56. The number of amides is 2. The minimum atomic E-state index is -0.645. The van der Waals surface area contributed by atoms with Crippen molar-refractivity contribution < 1.29 is 14.3 Å². The number of carbonyl (C=O) groups excluding carboxylic acids is 2. The topological polar surface area (TPSA) is 55.4 Å². The molecule has 4 nitrogen and oxygen atoms in total. The van der Waals surface area contributed by atoms with Crippen LogP contribution in [0.1, 0.15) is 59.3 Å². The Bertz CT molecular complexity index is 214. The molecule has 0 aliphatic heterocycles. The molecule has 0 aromatic carbocycles. The summed E-state index contributed by atoms with van der Waals surface area (Å²) in [6.07, 6.45) is 4.98. The van der Waals surface area contributed by atoms with Gasteiger partial charge in [-0.15, -0.1) is 0 Å². The summed E-state index contributed by atoms with van der Waals surface area (Å²) in [6, 6.07) is 0. The highest BCUT2D eigenvalue weighted by molar-refractivity contribution is 5.91. The summed E-state index contributed by atoms with van der Waals surface area (Å²) in [6.45, 7) is 5.64. The molecule has 16 heavy (non-hydrogen) atoms. The molecule has 0 aromatic rings. The number of ether oxygens (including phenoxy) is 1. The first kappa shape index (κ1) is 14.9. The van der Waals surface area contributed by atoms with Crippen LogP contribution in [0, 0.1) is 0 Å². The molecule has 0 aliphatic carbocycles. The van der Waals surface area contributed by atoms with E-state index in [1.807, 2.05) is 0 Å². The van der Waals surface area contributed by atoms with Crippen LogP contribution in [0.3, 0.4) is 0 Å². The second kappa shape index (κ2) is 9.19. The Labute approximate surface area is 97.7 Å². The minimum absolute atomic E-state index is 0.197. The summed E-state index contributed by atoms with van der Waals surface area (Å²) < 4.78 is 4.79. The van der Waals surface area contributed by atoms with E-state index in [0.717, 1.165) is 19.3 Å². The van der Waals surface area contributed by atoms with Crippen molar-refractivity contribution >= 4 is 12.0 Å². The Kier molecular flexibility index (Phi) is 8.58. The molecule has 0 saturated heterocycles. The smallest absolute Gasteiger partial charge is 0.414 e. The number of imide groups is 1. The van der Waals surface area contributed by atoms with Crippen molar-refractivity contribution in [2.75, 3.05) is 0 Å². The van der Waals surface area contributed by atoms with Crippen molar-refractivity contribution in [2.24, 2.45) is 0 Å². The molecule has 0 unspecified atom stereocenters. The van der Waals surface area contributed by atoms with Gasteiger partial charge < -0.3 is 4.74 Å². The highest BCUT2D eigenvalue weighted by Crippen LogP contribution is 2.04. The van der Waals surface area contributed by atoms with Crippen LogP contribution in [-0.2, 0) is 9.53 Å². The molecule has 0 aliphatic rings. The first-order valence-corrected chi connectivity index (χ1v) is 6.06. The summed E-state index contributed by atoms with van der Waals surface area (Å²) in [5.74, 6) is -0.248. The lowest BCUT2D eigenvalue weighted by molar-refractivity contribution is -0.120. The highest BCUT2D eigenvalue weighted by Gasteiger charge is 2.09. The van der Waals surface area contributed by atoms with E-state index < -0.39 is 6.09 Å². The molecule has 0 atom stereocenters. The van der Waals surface area contributed by atoms with Crippen LogP contribution in [-0.4, -0.2) is 18.1 Å². The number of carbonyl (C=O) groups is 2. The number of hydrogen-bond acceptors (Lipinski definition) is 3. The molecular formula is C12H23NO3. The third kappa shape index (κ3) is 9.49. The molecule has 0 aromatic heterocycles. The first-order valence-electron chi connectivity index (χ1n) is 6.06. The van der Waals surface area contributed by atoms with E-state index >= 15 is 0 Å².